The van der Waals surface area contributed by atoms with E-state index in [-0.39, 0.29) is 122 Å². The number of hydrogen-bond acceptors (Lipinski definition) is 0. The van der Waals surface area contributed by atoms with Crippen LogP contribution in [-0.2, 0) is 0 Å². The Morgan fingerprint density at radius 1 is 0.333 bits per heavy atom. The van der Waals surface area contributed by atoms with Gasteiger partial charge in [0.15, 0.2) is 0 Å². The van der Waals surface area contributed by atoms with Crippen molar-refractivity contribution in [2.75, 3.05) is 0 Å². The quantitative estimate of drug-likeness (QED) is 0.598. The van der Waals surface area contributed by atoms with Crippen molar-refractivity contribution in [1.82, 2.24) is 0 Å². The van der Waals surface area contributed by atoms with Crippen LogP contribution in [0.1, 0.15) is 0 Å². The number of rotatable bonds is 0. The van der Waals surface area contributed by atoms with Gasteiger partial charge in [-0.15, -0.1) is 0 Å². The summed E-state index contributed by atoms with van der Waals surface area (Å²) in [6.45, 7) is 0. The molecule has 0 saturated heterocycles. The minimum absolute atomic E-state index is 0. The van der Waals surface area contributed by atoms with Gasteiger partial charge in [-0.3, -0.25) is 0 Å². The maximum Gasteiger partial charge on any atom is 2.00 e. The van der Waals surface area contributed by atoms with Gasteiger partial charge in [0, 0.05) is 0 Å². The van der Waals surface area contributed by atoms with Crippen LogP contribution in [0.15, 0.2) is 0 Å². The van der Waals surface area contributed by atoms with E-state index in [9.17, 15) is 0 Å². The maximum absolute atomic E-state index is 0. The predicted molar refractivity (Wildman–Crippen MR) is 32.6 cm³/mol. The second-order valence-corrected chi connectivity index (χ2v) is 0. The zero-order valence-corrected chi connectivity index (χ0v) is 12.6. The van der Waals surface area contributed by atoms with Crippen molar-refractivity contribution in [3.8, 4) is 0 Å². The van der Waals surface area contributed by atoms with E-state index >= 15 is 0 Å². The molecule has 0 aromatic carbocycles. The first-order valence-electron chi connectivity index (χ1n) is 0. The first-order chi connectivity index (χ1) is 0. The zero-order chi connectivity index (χ0) is 0. The fourth-order valence-electron chi connectivity index (χ4n) is 0. The van der Waals surface area contributed by atoms with Crippen molar-refractivity contribution in [2.45, 2.75) is 0 Å². The van der Waals surface area contributed by atoms with E-state index in [4.69, 9.17) is 0 Å². The first kappa shape index (κ1) is 64.3. The van der Waals surface area contributed by atoms with E-state index in [2.05, 4.69) is 0 Å². The van der Waals surface area contributed by atoms with Gasteiger partial charge < -0.3 is 24.6 Å². The van der Waals surface area contributed by atoms with Crippen molar-refractivity contribution < 1.29 is 0 Å². The molecule has 0 unspecified atom stereocenters. The Morgan fingerprint density at radius 2 is 0.333 bits per heavy atom. The average molecular weight is 339 g/mol. The van der Waals surface area contributed by atoms with Crippen molar-refractivity contribution in [1.29, 1.82) is 0 Å². The molecule has 0 aliphatic rings. The molecule has 0 atom stereocenters. The number of nitrogens with two attached hydrogens (primary N) is 4. The molecule has 0 amide bonds. The first-order valence-corrected chi connectivity index (χ1v) is 0. The predicted octanol–water partition coefficient (Wildman–Crippen LogP) is 2.11. The van der Waals surface area contributed by atoms with Crippen molar-refractivity contribution >= 4 is 97.8 Å². The molecule has 0 fully saturated rings. The second-order valence-electron chi connectivity index (χ2n) is 0. The van der Waals surface area contributed by atoms with E-state index in [1.54, 1.807) is 0 Å². The van der Waals surface area contributed by atoms with Crippen LogP contribution < -0.4 is 0 Å². The SMILES string of the molecule is [Ba+2].[Ba+2].[NH2-].[NH2-].[NH2-].[NH2-]. The monoisotopic (exact) mass is 340 g/mol. The van der Waals surface area contributed by atoms with E-state index in [0.717, 1.165) is 0 Å². The van der Waals surface area contributed by atoms with Gasteiger partial charge in [-0.1, -0.05) is 0 Å². The molecule has 4 nitrogen and oxygen atoms in total. The molecule has 6 heavy (non-hydrogen) atoms. The topological polar surface area (TPSA) is 134 Å². The Bertz CT molecular complexity index is 5.51. The molecule has 32 valence electrons. The van der Waals surface area contributed by atoms with E-state index in [1.807, 2.05) is 0 Å². The molecule has 0 aliphatic carbocycles. The maximum atomic E-state index is 0. The average Bonchev–Trinajstić information content (AvgIpc) is 0. The largest absolute Gasteiger partial charge is 2.00 e. The molecule has 8 N–H and O–H groups in total. The smallest absolute Gasteiger partial charge is 0.693 e. The summed E-state index contributed by atoms with van der Waals surface area (Å²) >= 11 is 0. The summed E-state index contributed by atoms with van der Waals surface area (Å²) in [6.07, 6.45) is 0. The van der Waals surface area contributed by atoms with Crippen LogP contribution in [0.3, 0.4) is 0 Å². The standard InChI is InChI=1S/2Ba.4H2N/h;;4*1H2/q2*+2;4*-1. The van der Waals surface area contributed by atoms with Gasteiger partial charge in [-0.2, -0.15) is 0 Å². The van der Waals surface area contributed by atoms with Gasteiger partial charge in [-0.05, 0) is 0 Å². The Hall–Kier alpha value is 2.98. The normalized spacial score (nSPS) is 0. The van der Waals surface area contributed by atoms with Crippen LogP contribution in [0, 0.1) is 0 Å². The van der Waals surface area contributed by atoms with E-state index in [1.165, 1.54) is 0 Å². The summed E-state index contributed by atoms with van der Waals surface area (Å²) in [5.41, 5.74) is 0. The summed E-state index contributed by atoms with van der Waals surface area (Å²) in [5, 5.41) is 0. The molecule has 6 heteroatoms. The molecule has 0 aliphatic heterocycles. The molecule has 0 heterocycles. The van der Waals surface area contributed by atoms with Crippen LogP contribution in [0.25, 0.3) is 24.6 Å². The molecule has 0 rings (SSSR count). The molecular weight excluding hydrogens is 331 g/mol. The van der Waals surface area contributed by atoms with Crippen LogP contribution >= 0.6 is 0 Å². The van der Waals surface area contributed by atoms with Crippen LogP contribution in [-0.4, -0.2) is 97.8 Å². The summed E-state index contributed by atoms with van der Waals surface area (Å²) in [7, 11) is 0. The summed E-state index contributed by atoms with van der Waals surface area (Å²) in [6, 6.07) is 0. The van der Waals surface area contributed by atoms with E-state index in [0.29, 0.717) is 0 Å². The van der Waals surface area contributed by atoms with Gasteiger partial charge in [0.05, 0.1) is 0 Å². The van der Waals surface area contributed by atoms with Gasteiger partial charge in [-0.25, -0.2) is 0 Å². The summed E-state index contributed by atoms with van der Waals surface area (Å²) in [4.78, 5) is 0. The zero-order valence-electron chi connectivity index (χ0n) is 3.72. The molecule has 0 saturated carbocycles. The molecule has 0 bridgehead atoms. The molecule has 0 aromatic heterocycles. The number of hydrogen-bond donors (Lipinski definition) is 0. The Labute approximate surface area is 119 Å². The minimum atomic E-state index is 0. The Balaban J connectivity index is 0. The molecule has 0 spiro atoms. The van der Waals surface area contributed by atoms with Gasteiger partial charge in [0.1, 0.15) is 0 Å². The van der Waals surface area contributed by atoms with Crippen molar-refractivity contribution in [2.24, 2.45) is 0 Å². The van der Waals surface area contributed by atoms with Crippen LogP contribution in [0.5, 0.6) is 0 Å². The second kappa shape index (κ2) is 43.7. The third-order valence-electron chi connectivity index (χ3n) is 0. The van der Waals surface area contributed by atoms with Gasteiger partial charge in [0.25, 0.3) is 0 Å². The fourth-order valence-corrected chi connectivity index (χ4v) is 0. The third kappa shape index (κ3) is 28.1. The fraction of sp³-hybridized carbons (Fsp3) is 0. The van der Waals surface area contributed by atoms with Crippen molar-refractivity contribution in [3.63, 3.8) is 0 Å². The van der Waals surface area contributed by atoms with Crippen LogP contribution in [0.4, 0.5) is 0 Å². The molecule has 0 radical (unpaired) electrons. The minimum Gasteiger partial charge on any atom is -0.693 e. The van der Waals surface area contributed by atoms with Crippen LogP contribution in [0.2, 0.25) is 0 Å². The van der Waals surface area contributed by atoms with Gasteiger partial charge in [0.2, 0.25) is 0 Å². The van der Waals surface area contributed by atoms with Crippen molar-refractivity contribution in [3.05, 3.63) is 24.6 Å². The van der Waals surface area contributed by atoms with Gasteiger partial charge >= 0.3 is 97.8 Å². The van der Waals surface area contributed by atoms with E-state index < -0.39 is 0 Å². The summed E-state index contributed by atoms with van der Waals surface area (Å²) < 4.78 is 0. The Morgan fingerprint density at radius 3 is 0.333 bits per heavy atom. The molecule has 0 aromatic rings. The Kier molecular flexibility index (Phi) is 469. The summed E-state index contributed by atoms with van der Waals surface area (Å²) in [5.74, 6) is 0. The third-order valence-corrected chi connectivity index (χ3v) is 0. The molecular formula is H8Ba2N4.